The molecule has 1 aliphatic rings. The van der Waals surface area contributed by atoms with E-state index in [2.05, 4.69) is 20.4 Å². The lowest BCUT2D eigenvalue weighted by Crippen LogP contribution is -2.48. The van der Waals surface area contributed by atoms with Crippen LogP contribution in [0.2, 0.25) is 0 Å². The highest BCUT2D eigenvalue weighted by Crippen LogP contribution is 2.16. The van der Waals surface area contributed by atoms with Crippen LogP contribution in [0, 0.1) is 13.8 Å². The third kappa shape index (κ3) is 3.97. The van der Waals surface area contributed by atoms with Crippen molar-refractivity contribution in [2.75, 3.05) is 26.2 Å². The molecule has 1 amide bonds. The molecule has 1 saturated heterocycles. The lowest BCUT2D eigenvalue weighted by molar-refractivity contribution is -0.133. The standard InChI is InChI=1S/C16H22N4O2S/c1-12-15(13(2)22-18-12)3-4-16(21)20-7-5-19(6-8-20)9-14-10-23-11-17-14/h10-11H,3-9H2,1-2H3. The molecule has 0 saturated carbocycles. The molecule has 0 bridgehead atoms. The van der Waals surface area contributed by atoms with Gasteiger partial charge in [0.1, 0.15) is 5.76 Å². The average molecular weight is 334 g/mol. The van der Waals surface area contributed by atoms with E-state index in [-0.39, 0.29) is 5.91 Å². The Morgan fingerprint density at radius 2 is 2.09 bits per heavy atom. The minimum atomic E-state index is 0.221. The van der Waals surface area contributed by atoms with Gasteiger partial charge < -0.3 is 9.42 Å². The highest BCUT2D eigenvalue weighted by atomic mass is 32.1. The smallest absolute Gasteiger partial charge is 0.222 e. The second kappa shape index (κ2) is 7.23. The summed E-state index contributed by atoms with van der Waals surface area (Å²) in [5.74, 6) is 1.04. The van der Waals surface area contributed by atoms with E-state index < -0.39 is 0 Å². The molecule has 3 heterocycles. The first-order chi connectivity index (χ1) is 11.1. The summed E-state index contributed by atoms with van der Waals surface area (Å²) >= 11 is 1.63. The molecule has 23 heavy (non-hydrogen) atoms. The number of carbonyl (C=O) groups is 1. The molecule has 0 spiro atoms. The van der Waals surface area contributed by atoms with Gasteiger partial charge in [0.15, 0.2) is 0 Å². The molecule has 0 N–H and O–H groups in total. The maximum absolute atomic E-state index is 12.4. The number of piperazine rings is 1. The minimum absolute atomic E-state index is 0.221. The molecule has 2 aromatic heterocycles. The van der Waals surface area contributed by atoms with Crippen LogP contribution in [0.15, 0.2) is 15.4 Å². The summed E-state index contributed by atoms with van der Waals surface area (Å²) < 4.78 is 5.15. The van der Waals surface area contributed by atoms with Crippen molar-refractivity contribution < 1.29 is 9.32 Å². The third-order valence-electron chi connectivity index (χ3n) is 4.36. The summed E-state index contributed by atoms with van der Waals surface area (Å²) in [5, 5.41) is 6.02. The number of amides is 1. The zero-order chi connectivity index (χ0) is 16.2. The van der Waals surface area contributed by atoms with Gasteiger partial charge >= 0.3 is 0 Å². The second-order valence-electron chi connectivity index (χ2n) is 5.94. The zero-order valence-electron chi connectivity index (χ0n) is 13.6. The predicted molar refractivity (Wildman–Crippen MR) is 88.3 cm³/mol. The first kappa shape index (κ1) is 16.1. The molecule has 124 valence electrons. The predicted octanol–water partition coefficient (Wildman–Crippen LogP) is 2.02. The Kier molecular flexibility index (Phi) is 5.07. The Morgan fingerprint density at radius 3 is 2.70 bits per heavy atom. The van der Waals surface area contributed by atoms with Crippen LogP contribution < -0.4 is 0 Å². The fourth-order valence-electron chi connectivity index (χ4n) is 2.95. The van der Waals surface area contributed by atoms with Gasteiger partial charge in [-0.1, -0.05) is 5.16 Å². The van der Waals surface area contributed by atoms with E-state index in [1.165, 1.54) is 0 Å². The quantitative estimate of drug-likeness (QED) is 0.837. The molecular formula is C16H22N4O2S. The summed E-state index contributed by atoms with van der Waals surface area (Å²) in [7, 11) is 0. The molecule has 0 aliphatic carbocycles. The van der Waals surface area contributed by atoms with Crippen molar-refractivity contribution in [3.63, 3.8) is 0 Å². The molecule has 6 nitrogen and oxygen atoms in total. The fraction of sp³-hybridized carbons (Fsp3) is 0.562. The minimum Gasteiger partial charge on any atom is -0.361 e. The number of aryl methyl sites for hydroxylation is 2. The van der Waals surface area contributed by atoms with Gasteiger partial charge in [-0.3, -0.25) is 9.69 Å². The van der Waals surface area contributed by atoms with E-state index in [0.717, 1.165) is 55.4 Å². The number of hydrogen-bond acceptors (Lipinski definition) is 6. The van der Waals surface area contributed by atoms with Gasteiger partial charge in [-0.25, -0.2) is 4.98 Å². The molecule has 7 heteroatoms. The van der Waals surface area contributed by atoms with E-state index in [1.807, 2.05) is 24.3 Å². The van der Waals surface area contributed by atoms with Gasteiger partial charge in [-0.15, -0.1) is 11.3 Å². The average Bonchev–Trinajstić information content (AvgIpc) is 3.17. The van der Waals surface area contributed by atoms with E-state index in [4.69, 9.17) is 4.52 Å². The van der Waals surface area contributed by atoms with Gasteiger partial charge in [-0.05, 0) is 20.3 Å². The van der Waals surface area contributed by atoms with Crippen molar-refractivity contribution in [1.82, 2.24) is 19.9 Å². The number of nitrogens with zero attached hydrogens (tertiary/aromatic N) is 4. The molecule has 0 radical (unpaired) electrons. The summed E-state index contributed by atoms with van der Waals surface area (Å²) in [5.41, 5.74) is 4.95. The first-order valence-corrected chi connectivity index (χ1v) is 8.86. The lowest BCUT2D eigenvalue weighted by atomic mass is 10.1. The van der Waals surface area contributed by atoms with Crippen molar-refractivity contribution >= 4 is 17.2 Å². The molecule has 1 fully saturated rings. The Hall–Kier alpha value is -1.73. The van der Waals surface area contributed by atoms with Crippen LogP contribution in [0.4, 0.5) is 0 Å². The summed E-state index contributed by atoms with van der Waals surface area (Å²) in [6.45, 7) is 8.12. The van der Waals surface area contributed by atoms with Gasteiger partial charge in [0.25, 0.3) is 0 Å². The maximum Gasteiger partial charge on any atom is 0.222 e. The molecule has 0 atom stereocenters. The van der Waals surface area contributed by atoms with Crippen LogP contribution in [0.25, 0.3) is 0 Å². The third-order valence-corrected chi connectivity index (χ3v) is 5.00. The second-order valence-corrected chi connectivity index (χ2v) is 6.66. The Labute approximate surface area is 140 Å². The molecule has 3 rings (SSSR count). The normalized spacial score (nSPS) is 16.0. The monoisotopic (exact) mass is 334 g/mol. The highest BCUT2D eigenvalue weighted by Gasteiger charge is 2.22. The molecule has 1 aliphatic heterocycles. The Morgan fingerprint density at radius 1 is 1.30 bits per heavy atom. The molecule has 2 aromatic rings. The summed E-state index contributed by atoms with van der Waals surface area (Å²) in [6.07, 6.45) is 1.23. The van der Waals surface area contributed by atoms with Crippen LogP contribution in [0.1, 0.15) is 29.1 Å². The van der Waals surface area contributed by atoms with Gasteiger partial charge in [0.05, 0.1) is 16.9 Å². The van der Waals surface area contributed by atoms with Crippen molar-refractivity contribution in [2.45, 2.75) is 33.2 Å². The van der Waals surface area contributed by atoms with Gasteiger partial charge in [0.2, 0.25) is 5.91 Å². The van der Waals surface area contributed by atoms with Crippen LogP contribution in [-0.4, -0.2) is 52.0 Å². The van der Waals surface area contributed by atoms with E-state index in [0.29, 0.717) is 12.8 Å². The largest absolute Gasteiger partial charge is 0.361 e. The SMILES string of the molecule is Cc1noc(C)c1CCC(=O)N1CCN(Cc2cscn2)CC1. The lowest BCUT2D eigenvalue weighted by Gasteiger charge is -2.34. The number of thiazole rings is 1. The summed E-state index contributed by atoms with van der Waals surface area (Å²) in [4.78, 5) is 21.0. The van der Waals surface area contributed by atoms with E-state index >= 15 is 0 Å². The van der Waals surface area contributed by atoms with Gasteiger partial charge in [0, 0.05) is 50.1 Å². The Bertz CT molecular complexity index is 626. The molecule has 0 unspecified atom stereocenters. The van der Waals surface area contributed by atoms with Gasteiger partial charge in [-0.2, -0.15) is 0 Å². The van der Waals surface area contributed by atoms with Crippen LogP contribution in [0.5, 0.6) is 0 Å². The molecular weight excluding hydrogens is 312 g/mol. The summed E-state index contributed by atoms with van der Waals surface area (Å²) in [6, 6.07) is 0. The van der Waals surface area contributed by atoms with Crippen molar-refractivity contribution in [2.24, 2.45) is 0 Å². The fourth-order valence-corrected chi connectivity index (χ4v) is 3.50. The zero-order valence-corrected chi connectivity index (χ0v) is 14.4. The maximum atomic E-state index is 12.4. The van der Waals surface area contributed by atoms with E-state index in [9.17, 15) is 4.79 Å². The number of hydrogen-bond donors (Lipinski definition) is 0. The molecule has 0 aromatic carbocycles. The van der Waals surface area contributed by atoms with Crippen LogP contribution in [-0.2, 0) is 17.8 Å². The van der Waals surface area contributed by atoms with Crippen LogP contribution >= 0.6 is 11.3 Å². The number of aromatic nitrogens is 2. The highest BCUT2D eigenvalue weighted by molar-refractivity contribution is 7.07. The topological polar surface area (TPSA) is 62.5 Å². The first-order valence-electron chi connectivity index (χ1n) is 7.92. The number of rotatable bonds is 5. The Balaban J connectivity index is 1.45. The van der Waals surface area contributed by atoms with Crippen LogP contribution in [0.3, 0.4) is 0 Å². The van der Waals surface area contributed by atoms with E-state index in [1.54, 1.807) is 11.3 Å². The van der Waals surface area contributed by atoms with Crippen molar-refractivity contribution in [1.29, 1.82) is 0 Å². The van der Waals surface area contributed by atoms with Crippen molar-refractivity contribution in [3.05, 3.63) is 33.6 Å². The number of carbonyl (C=O) groups excluding carboxylic acids is 1. The van der Waals surface area contributed by atoms with Crippen molar-refractivity contribution in [3.8, 4) is 0 Å².